The van der Waals surface area contributed by atoms with Gasteiger partial charge >= 0.3 is 11.9 Å². The van der Waals surface area contributed by atoms with Crippen molar-refractivity contribution in [3.63, 3.8) is 0 Å². The molecule has 182 valence electrons. The highest BCUT2D eigenvalue weighted by Gasteiger charge is 2.02. The van der Waals surface area contributed by atoms with Gasteiger partial charge in [0, 0.05) is 17.9 Å². The van der Waals surface area contributed by atoms with Crippen LogP contribution in [-0.4, -0.2) is 43.9 Å². The molecule has 0 amide bonds. The molecule has 0 aromatic rings. The number of carbonyl (C=O) groups is 2. The number of hydrogen-bond acceptors (Lipinski definition) is 7. The van der Waals surface area contributed by atoms with Gasteiger partial charge < -0.3 is 14.0 Å². The van der Waals surface area contributed by atoms with Crippen LogP contribution in [0.15, 0.2) is 12.2 Å². The summed E-state index contributed by atoms with van der Waals surface area (Å²) in [6.07, 6.45) is 19.4. The van der Waals surface area contributed by atoms with Gasteiger partial charge in [0.05, 0.1) is 23.3 Å². The van der Waals surface area contributed by atoms with Crippen molar-refractivity contribution in [3.8, 4) is 0 Å². The maximum absolute atomic E-state index is 11.5. The Morgan fingerprint density at radius 1 is 0.645 bits per heavy atom. The summed E-state index contributed by atoms with van der Waals surface area (Å²) in [6, 6.07) is 0. The van der Waals surface area contributed by atoms with Crippen LogP contribution in [0.3, 0.4) is 0 Å². The molecular weight excluding hydrogens is 420 g/mol. The molecular formula is C23H41O7S-. The van der Waals surface area contributed by atoms with Crippen LogP contribution in [0.1, 0.15) is 103 Å². The second-order valence-corrected chi connectivity index (χ2v) is 9.40. The quantitative estimate of drug-likeness (QED) is 0.102. The Morgan fingerprint density at radius 3 is 1.39 bits per heavy atom. The SMILES string of the molecule is CCCCCCCCCCCCCCCCOC(=O)/C=C/C(=O)OCCCS(=O)(=O)[O-]. The average Bonchev–Trinajstić information content (AvgIpc) is 2.71. The lowest BCUT2D eigenvalue weighted by molar-refractivity contribution is -0.140. The monoisotopic (exact) mass is 461 g/mol. The van der Waals surface area contributed by atoms with E-state index in [1.165, 1.54) is 70.6 Å². The second-order valence-electron chi connectivity index (χ2n) is 7.88. The Labute approximate surface area is 188 Å². The van der Waals surface area contributed by atoms with Crippen LogP contribution in [0.2, 0.25) is 0 Å². The van der Waals surface area contributed by atoms with Gasteiger partial charge in [0.2, 0.25) is 0 Å². The fraction of sp³-hybridized carbons (Fsp3) is 0.826. The molecule has 0 aromatic carbocycles. The Bertz CT molecular complexity index is 585. The van der Waals surface area contributed by atoms with E-state index in [9.17, 15) is 22.6 Å². The molecule has 0 radical (unpaired) electrons. The third kappa shape index (κ3) is 24.7. The zero-order valence-corrected chi connectivity index (χ0v) is 20.0. The van der Waals surface area contributed by atoms with Crippen LogP contribution in [0.5, 0.6) is 0 Å². The first-order chi connectivity index (χ1) is 14.8. The van der Waals surface area contributed by atoms with E-state index >= 15 is 0 Å². The maximum Gasteiger partial charge on any atom is 0.331 e. The molecule has 0 unspecified atom stereocenters. The fourth-order valence-electron chi connectivity index (χ4n) is 3.11. The largest absolute Gasteiger partial charge is 0.748 e. The molecule has 0 aromatic heterocycles. The zero-order chi connectivity index (χ0) is 23.2. The normalized spacial score (nSPS) is 11.7. The van der Waals surface area contributed by atoms with Gasteiger partial charge in [-0.05, 0) is 12.8 Å². The predicted molar refractivity (Wildman–Crippen MR) is 121 cm³/mol. The fourth-order valence-corrected chi connectivity index (χ4v) is 3.58. The summed E-state index contributed by atoms with van der Waals surface area (Å²) >= 11 is 0. The standard InChI is InChI=1S/C23H42O7S/c1-2-3-4-5-6-7-8-9-10-11-12-13-14-15-19-29-22(24)17-18-23(25)30-20-16-21-31(26,27)28/h17-18H,2-16,19-21H2,1H3,(H,26,27,28)/p-1/b18-17+. The van der Waals surface area contributed by atoms with E-state index in [0.29, 0.717) is 6.61 Å². The minimum absolute atomic E-state index is 0.0744. The number of unbranched alkanes of at least 4 members (excludes halogenated alkanes) is 13. The summed E-state index contributed by atoms with van der Waals surface area (Å²) in [7, 11) is -4.31. The van der Waals surface area contributed by atoms with E-state index in [4.69, 9.17) is 4.74 Å². The van der Waals surface area contributed by atoms with E-state index in [-0.39, 0.29) is 13.0 Å². The topological polar surface area (TPSA) is 110 Å². The molecule has 0 fully saturated rings. The van der Waals surface area contributed by atoms with Crippen molar-refractivity contribution in [3.05, 3.63) is 12.2 Å². The summed E-state index contributed by atoms with van der Waals surface area (Å²) in [6.45, 7) is 2.37. The van der Waals surface area contributed by atoms with E-state index in [1.807, 2.05) is 0 Å². The molecule has 0 atom stereocenters. The van der Waals surface area contributed by atoms with Crippen molar-refractivity contribution < 1.29 is 32.0 Å². The molecule has 0 aliphatic rings. The van der Waals surface area contributed by atoms with Crippen LogP contribution < -0.4 is 0 Å². The van der Waals surface area contributed by atoms with E-state index in [1.54, 1.807) is 0 Å². The Balaban J connectivity index is 3.42. The number of esters is 2. The van der Waals surface area contributed by atoms with Crippen molar-refractivity contribution in [2.24, 2.45) is 0 Å². The van der Waals surface area contributed by atoms with E-state index < -0.39 is 27.8 Å². The van der Waals surface area contributed by atoms with Gasteiger partial charge in [-0.2, -0.15) is 0 Å². The molecule has 31 heavy (non-hydrogen) atoms. The number of hydrogen-bond donors (Lipinski definition) is 0. The summed E-state index contributed by atoms with van der Waals surface area (Å²) in [4.78, 5) is 22.8. The highest BCUT2D eigenvalue weighted by atomic mass is 32.2. The van der Waals surface area contributed by atoms with Gasteiger partial charge in [0.25, 0.3) is 0 Å². The van der Waals surface area contributed by atoms with Crippen molar-refractivity contribution in [2.45, 2.75) is 103 Å². The Morgan fingerprint density at radius 2 is 1.00 bits per heavy atom. The first-order valence-corrected chi connectivity index (χ1v) is 13.4. The molecule has 0 bridgehead atoms. The average molecular weight is 462 g/mol. The van der Waals surface area contributed by atoms with Gasteiger partial charge in [0.15, 0.2) is 0 Å². The smallest absolute Gasteiger partial charge is 0.331 e. The first kappa shape index (κ1) is 29.6. The number of carbonyl (C=O) groups excluding carboxylic acids is 2. The number of ether oxygens (including phenoxy) is 2. The lowest BCUT2D eigenvalue weighted by Gasteiger charge is -2.06. The molecule has 0 N–H and O–H groups in total. The minimum atomic E-state index is -4.31. The molecule has 0 aliphatic heterocycles. The lowest BCUT2D eigenvalue weighted by Crippen LogP contribution is -2.10. The van der Waals surface area contributed by atoms with Crippen LogP contribution >= 0.6 is 0 Å². The molecule has 0 saturated carbocycles. The highest BCUT2D eigenvalue weighted by Crippen LogP contribution is 2.12. The first-order valence-electron chi connectivity index (χ1n) is 11.8. The van der Waals surface area contributed by atoms with Gasteiger partial charge in [-0.15, -0.1) is 0 Å². The van der Waals surface area contributed by atoms with Crippen LogP contribution in [-0.2, 0) is 29.2 Å². The van der Waals surface area contributed by atoms with Crippen LogP contribution in [0, 0.1) is 0 Å². The van der Waals surface area contributed by atoms with Crippen molar-refractivity contribution in [2.75, 3.05) is 19.0 Å². The Hall–Kier alpha value is -1.41. The molecule has 0 saturated heterocycles. The predicted octanol–water partition coefficient (Wildman–Crippen LogP) is 5.05. The van der Waals surface area contributed by atoms with Gasteiger partial charge in [-0.1, -0.05) is 90.4 Å². The highest BCUT2D eigenvalue weighted by molar-refractivity contribution is 7.85. The summed E-state index contributed by atoms with van der Waals surface area (Å²) in [5.74, 6) is -1.99. The summed E-state index contributed by atoms with van der Waals surface area (Å²) in [5.41, 5.74) is 0. The Kier molecular flexibility index (Phi) is 19.6. The molecule has 0 aliphatic carbocycles. The third-order valence-electron chi connectivity index (χ3n) is 4.88. The van der Waals surface area contributed by atoms with Crippen molar-refractivity contribution in [1.82, 2.24) is 0 Å². The maximum atomic E-state index is 11.5. The van der Waals surface area contributed by atoms with Crippen LogP contribution in [0.25, 0.3) is 0 Å². The van der Waals surface area contributed by atoms with E-state index in [2.05, 4.69) is 11.7 Å². The molecule has 7 nitrogen and oxygen atoms in total. The van der Waals surface area contributed by atoms with Crippen molar-refractivity contribution in [1.29, 1.82) is 0 Å². The summed E-state index contributed by atoms with van der Waals surface area (Å²) in [5, 5.41) is 0. The molecule has 0 spiro atoms. The summed E-state index contributed by atoms with van der Waals surface area (Å²) < 4.78 is 40.9. The molecule has 8 heteroatoms. The molecule has 0 rings (SSSR count). The number of rotatable bonds is 21. The van der Waals surface area contributed by atoms with E-state index in [0.717, 1.165) is 31.4 Å². The van der Waals surface area contributed by atoms with Crippen LogP contribution in [0.4, 0.5) is 0 Å². The zero-order valence-electron chi connectivity index (χ0n) is 19.1. The van der Waals surface area contributed by atoms with Gasteiger partial charge in [0.1, 0.15) is 0 Å². The minimum Gasteiger partial charge on any atom is -0.748 e. The molecule has 0 heterocycles. The second kappa shape index (κ2) is 20.5. The van der Waals surface area contributed by atoms with Gasteiger partial charge in [-0.3, -0.25) is 0 Å². The van der Waals surface area contributed by atoms with Crippen molar-refractivity contribution >= 4 is 22.1 Å². The van der Waals surface area contributed by atoms with Gasteiger partial charge in [-0.25, -0.2) is 18.0 Å². The lowest BCUT2D eigenvalue weighted by atomic mass is 10.0. The third-order valence-corrected chi connectivity index (χ3v) is 5.67.